The highest BCUT2D eigenvalue weighted by Gasteiger charge is 2.34. The maximum atomic E-state index is 12.2. The number of halogens is 1. The molecule has 0 spiro atoms. The lowest BCUT2D eigenvalue weighted by molar-refractivity contribution is -0.121. The van der Waals surface area contributed by atoms with E-state index in [4.69, 9.17) is 17.3 Å². The number of aliphatic imine (C=N–C) groups is 1. The van der Waals surface area contributed by atoms with E-state index in [0.717, 1.165) is 0 Å². The van der Waals surface area contributed by atoms with Crippen molar-refractivity contribution >= 4 is 35.1 Å². The Hall–Kier alpha value is -3.00. The summed E-state index contributed by atoms with van der Waals surface area (Å²) in [7, 11) is 0. The summed E-state index contributed by atoms with van der Waals surface area (Å²) < 4.78 is 0. The van der Waals surface area contributed by atoms with Gasteiger partial charge in [0.25, 0.3) is 5.91 Å². The van der Waals surface area contributed by atoms with Crippen LogP contribution in [0.5, 0.6) is 0 Å². The van der Waals surface area contributed by atoms with Crippen molar-refractivity contribution in [3.63, 3.8) is 0 Å². The number of nitrogens with two attached hydrogens (primary N) is 1. The fourth-order valence-electron chi connectivity index (χ4n) is 2.49. The summed E-state index contributed by atoms with van der Waals surface area (Å²) in [4.78, 5) is 36.5. The Bertz CT molecular complexity index is 867. The Morgan fingerprint density at radius 3 is 2.84 bits per heavy atom. The Morgan fingerprint density at radius 2 is 2.16 bits per heavy atom. The molecule has 3 rings (SSSR count). The molecule has 1 unspecified atom stereocenters. The third-order valence-electron chi connectivity index (χ3n) is 3.67. The number of hydrogen-bond donors (Lipinski definition) is 3. The van der Waals surface area contributed by atoms with Gasteiger partial charge in [-0.25, -0.2) is 9.98 Å². The fraction of sp³-hybridized carbons (Fsp3) is 0.188. The fourth-order valence-corrected chi connectivity index (χ4v) is 2.60. The largest absolute Gasteiger partial charge is 0.370 e. The highest BCUT2D eigenvalue weighted by atomic mass is 35.5. The molecule has 2 aromatic rings. The van der Waals surface area contributed by atoms with Crippen LogP contribution in [0.1, 0.15) is 29.5 Å². The third-order valence-corrected chi connectivity index (χ3v) is 3.89. The van der Waals surface area contributed by atoms with Gasteiger partial charge in [-0.05, 0) is 31.2 Å². The first-order valence-corrected chi connectivity index (χ1v) is 7.78. The molecule has 1 aliphatic heterocycles. The Labute approximate surface area is 148 Å². The molecule has 8 nitrogen and oxygen atoms in total. The van der Waals surface area contributed by atoms with Gasteiger partial charge in [-0.2, -0.15) is 0 Å². The molecule has 2 aromatic heterocycles. The van der Waals surface area contributed by atoms with Crippen molar-refractivity contribution in [3.05, 3.63) is 53.1 Å². The number of anilines is 1. The van der Waals surface area contributed by atoms with Gasteiger partial charge in [-0.3, -0.25) is 19.9 Å². The summed E-state index contributed by atoms with van der Waals surface area (Å²) in [6.07, 6.45) is 3.04. The van der Waals surface area contributed by atoms with Crippen LogP contribution < -0.4 is 16.4 Å². The van der Waals surface area contributed by atoms with Crippen LogP contribution in [0.2, 0.25) is 5.02 Å². The minimum Gasteiger partial charge on any atom is -0.370 e. The number of pyridine rings is 2. The highest BCUT2D eigenvalue weighted by Crippen LogP contribution is 2.30. The molecular formula is C16H15ClN6O2. The predicted octanol–water partition coefficient (Wildman–Crippen LogP) is 1.43. The number of nitrogens with zero attached hydrogens (tertiary/aromatic N) is 3. The van der Waals surface area contributed by atoms with Crippen molar-refractivity contribution in [1.82, 2.24) is 15.3 Å². The molecule has 1 aliphatic rings. The molecule has 0 saturated heterocycles. The van der Waals surface area contributed by atoms with Crippen LogP contribution in [0.25, 0.3) is 0 Å². The molecule has 0 saturated carbocycles. The molecule has 0 aliphatic carbocycles. The zero-order valence-corrected chi connectivity index (χ0v) is 14.0. The summed E-state index contributed by atoms with van der Waals surface area (Å²) in [5, 5.41) is 5.63. The number of hydrogen-bond acceptors (Lipinski definition) is 6. The van der Waals surface area contributed by atoms with Crippen molar-refractivity contribution in [3.8, 4) is 0 Å². The average molecular weight is 359 g/mol. The Kier molecular flexibility index (Phi) is 4.37. The Morgan fingerprint density at radius 1 is 1.36 bits per heavy atom. The topological polar surface area (TPSA) is 122 Å². The average Bonchev–Trinajstić information content (AvgIpc) is 2.54. The molecular weight excluding hydrogens is 344 g/mol. The number of amides is 2. The van der Waals surface area contributed by atoms with Crippen LogP contribution in [0.3, 0.4) is 0 Å². The summed E-state index contributed by atoms with van der Waals surface area (Å²) in [5.41, 5.74) is 6.01. The zero-order valence-electron chi connectivity index (χ0n) is 13.3. The number of rotatable bonds is 3. The lowest BCUT2D eigenvalue weighted by atomic mass is 9.92. The molecule has 25 heavy (non-hydrogen) atoms. The van der Waals surface area contributed by atoms with E-state index in [1.165, 1.54) is 18.5 Å². The van der Waals surface area contributed by atoms with Gasteiger partial charge in [0.05, 0.1) is 17.1 Å². The van der Waals surface area contributed by atoms with Gasteiger partial charge in [0.1, 0.15) is 11.2 Å². The minimum atomic E-state index is -0.897. The Balaban J connectivity index is 1.84. The second-order valence-electron chi connectivity index (χ2n) is 5.74. The molecule has 9 heteroatoms. The van der Waals surface area contributed by atoms with E-state index < -0.39 is 5.54 Å². The van der Waals surface area contributed by atoms with Gasteiger partial charge in [0.2, 0.25) is 5.91 Å². The highest BCUT2D eigenvalue weighted by molar-refractivity contribution is 6.30. The standard InChI is InChI=1S/C16H15ClN6O2/c1-16(7-13(24)22-15(18)23-16)12-6-10(4-5-19-12)21-14(25)11-3-2-9(17)8-20-11/h2-6,8H,7H2,1H3,(H,19,21,25)(H3,18,22,23,24). The van der Waals surface area contributed by atoms with Gasteiger partial charge in [-0.1, -0.05) is 11.6 Å². The number of nitrogens with one attached hydrogen (secondary N) is 2. The lowest BCUT2D eigenvalue weighted by Gasteiger charge is -2.28. The predicted molar refractivity (Wildman–Crippen MR) is 93.2 cm³/mol. The minimum absolute atomic E-state index is 0.0420. The summed E-state index contributed by atoms with van der Waals surface area (Å²) in [6.45, 7) is 1.76. The van der Waals surface area contributed by atoms with Gasteiger partial charge >= 0.3 is 0 Å². The van der Waals surface area contributed by atoms with E-state index in [1.807, 2.05) is 0 Å². The first-order chi connectivity index (χ1) is 11.9. The second-order valence-corrected chi connectivity index (χ2v) is 6.18. The number of guanidine groups is 1. The number of carbonyl (C=O) groups is 2. The van der Waals surface area contributed by atoms with Crippen LogP contribution in [0, 0.1) is 0 Å². The first kappa shape index (κ1) is 16.8. The lowest BCUT2D eigenvalue weighted by Crippen LogP contribution is -2.46. The van der Waals surface area contributed by atoms with E-state index in [0.29, 0.717) is 16.4 Å². The van der Waals surface area contributed by atoms with Crippen LogP contribution in [-0.4, -0.2) is 27.7 Å². The smallest absolute Gasteiger partial charge is 0.274 e. The van der Waals surface area contributed by atoms with Crippen LogP contribution in [0.4, 0.5) is 5.69 Å². The van der Waals surface area contributed by atoms with Crippen molar-refractivity contribution in [2.45, 2.75) is 18.9 Å². The molecule has 128 valence electrons. The molecule has 0 radical (unpaired) electrons. The normalized spacial score (nSPS) is 19.8. The zero-order chi connectivity index (χ0) is 18.0. The van der Waals surface area contributed by atoms with Crippen molar-refractivity contribution in [2.24, 2.45) is 10.7 Å². The van der Waals surface area contributed by atoms with Crippen LogP contribution in [-0.2, 0) is 10.3 Å². The third kappa shape index (κ3) is 3.74. The van der Waals surface area contributed by atoms with Gasteiger partial charge < -0.3 is 11.1 Å². The molecule has 4 N–H and O–H groups in total. The van der Waals surface area contributed by atoms with E-state index in [1.54, 1.807) is 25.1 Å². The monoisotopic (exact) mass is 358 g/mol. The van der Waals surface area contributed by atoms with Crippen LogP contribution in [0.15, 0.2) is 41.7 Å². The van der Waals surface area contributed by atoms with Gasteiger partial charge in [0, 0.05) is 18.1 Å². The van der Waals surface area contributed by atoms with Gasteiger partial charge in [0.15, 0.2) is 5.96 Å². The SMILES string of the molecule is CC1(c2cc(NC(=O)c3ccc(Cl)cn3)ccn2)CC(=O)NC(N)=N1. The molecule has 0 aromatic carbocycles. The summed E-state index contributed by atoms with van der Waals surface area (Å²) in [5.74, 6) is -0.583. The molecule has 0 bridgehead atoms. The van der Waals surface area contributed by atoms with E-state index in [9.17, 15) is 9.59 Å². The van der Waals surface area contributed by atoms with Crippen molar-refractivity contribution < 1.29 is 9.59 Å². The summed E-state index contributed by atoms with van der Waals surface area (Å²) in [6, 6.07) is 6.40. The second kappa shape index (κ2) is 6.48. The molecule has 2 amide bonds. The maximum Gasteiger partial charge on any atom is 0.274 e. The van der Waals surface area contributed by atoms with Crippen LogP contribution >= 0.6 is 11.6 Å². The van der Waals surface area contributed by atoms with E-state index in [2.05, 4.69) is 25.6 Å². The van der Waals surface area contributed by atoms with E-state index in [-0.39, 0.29) is 29.9 Å². The molecule has 0 fully saturated rings. The number of aromatic nitrogens is 2. The molecule has 3 heterocycles. The number of carbonyl (C=O) groups excluding carboxylic acids is 2. The quantitative estimate of drug-likeness (QED) is 0.766. The van der Waals surface area contributed by atoms with Crippen molar-refractivity contribution in [2.75, 3.05) is 5.32 Å². The van der Waals surface area contributed by atoms with E-state index >= 15 is 0 Å². The van der Waals surface area contributed by atoms with Crippen molar-refractivity contribution in [1.29, 1.82) is 0 Å². The maximum absolute atomic E-state index is 12.2. The first-order valence-electron chi connectivity index (χ1n) is 7.40. The van der Waals surface area contributed by atoms with Gasteiger partial charge in [-0.15, -0.1) is 0 Å². The summed E-state index contributed by atoms with van der Waals surface area (Å²) >= 11 is 5.76. The molecule has 1 atom stereocenters.